The van der Waals surface area contributed by atoms with E-state index in [0.717, 1.165) is 12.2 Å². The van der Waals surface area contributed by atoms with Crippen molar-refractivity contribution in [3.05, 3.63) is 15.6 Å². The highest BCUT2D eigenvalue weighted by molar-refractivity contribution is 7.11. The lowest BCUT2D eigenvalue weighted by Crippen LogP contribution is -2.17. The molecule has 1 heterocycles. The first kappa shape index (κ1) is 14.0. The number of rotatable bonds is 5. The van der Waals surface area contributed by atoms with Crippen LogP contribution in [-0.4, -0.2) is 19.1 Å². The largest absolute Gasteiger partial charge is 0.374 e. The van der Waals surface area contributed by atoms with E-state index in [1.54, 1.807) is 0 Å². The van der Waals surface area contributed by atoms with Crippen LogP contribution < -0.4 is 5.32 Å². The van der Waals surface area contributed by atoms with Gasteiger partial charge in [0.25, 0.3) is 0 Å². The van der Waals surface area contributed by atoms with Gasteiger partial charge in [-0.15, -0.1) is 11.3 Å². The standard InChI is InChI=1S/C14H24N2OS/c1-10-12(9-15-2)18-14(16-10)13(17-3)11-7-5-4-6-8-11/h11,13,15H,4-9H2,1-3H3. The summed E-state index contributed by atoms with van der Waals surface area (Å²) >= 11 is 1.81. The van der Waals surface area contributed by atoms with Gasteiger partial charge in [-0.2, -0.15) is 0 Å². The minimum Gasteiger partial charge on any atom is -0.374 e. The second kappa shape index (κ2) is 6.64. The second-order valence-corrected chi connectivity index (χ2v) is 6.26. The average molecular weight is 268 g/mol. The van der Waals surface area contributed by atoms with E-state index < -0.39 is 0 Å². The number of hydrogen-bond acceptors (Lipinski definition) is 4. The van der Waals surface area contributed by atoms with Crippen molar-refractivity contribution < 1.29 is 4.74 Å². The minimum absolute atomic E-state index is 0.208. The van der Waals surface area contributed by atoms with Gasteiger partial charge in [-0.25, -0.2) is 4.98 Å². The maximum absolute atomic E-state index is 5.75. The number of hydrogen-bond donors (Lipinski definition) is 1. The molecule has 0 saturated heterocycles. The van der Waals surface area contributed by atoms with Crippen molar-refractivity contribution in [2.75, 3.05) is 14.2 Å². The SMILES string of the molecule is CNCc1sc(C(OC)C2CCCCC2)nc1C. The van der Waals surface area contributed by atoms with Crippen LogP contribution in [0, 0.1) is 12.8 Å². The summed E-state index contributed by atoms with van der Waals surface area (Å²) < 4.78 is 5.75. The van der Waals surface area contributed by atoms with E-state index in [1.807, 2.05) is 25.5 Å². The Hall–Kier alpha value is -0.450. The zero-order chi connectivity index (χ0) is 13.0. The highest BCUT2D eigenvalue weighted by Crippen LogP contribution is 2.38. The zero-order valence-electron chi connectivity index (χ0n) is 11.7. The molecule has 1 aromatic rings. The van der Waals surface area contributed by atoms with Gasteiger partial charge in [0, 0.05) is 18.5 Å². The maximum atomic E-state index is 5.75. The Morgan fingerprint density at radius 3 is 2.72 bits per heavy atom. The molecule has 0 spiro atoms. The van der Waals surface area contributed by atoms with Crippen molar-refractivity contribution >= 4 is 11.3 Å². The number of nitrogens with zero attached hydrogens (tertiary/aromatic N) is 1. The lowest BCUT2D eigenvalue weighted by molar-refractivity contribution is 0.0352. The van der Waals surface area contributed by atoms with Crippen molar-refractivity contribution in [2.45, 2.75) is 51.7 Å². The number of aromatic nitrogens is 1. The molecule has 1 aliphatic carbocycles. The summed E-state index contributed by atoms with van der Waals surface area (Å²) in [7, 11) is 3.81. The molecule has 0 aromatic carbocycles. The molecule has 1 saturated carbocycles. The average Bonchev–Trinajstić information content (AvgIpc) is 2.74. The van der Waals surface area contributed by atoms with E-state index in [-0.39, 0.29) is 6.10 Å². The van der Waals surface area contributed by atoms with Crippen LogP contribution in [0.4, 0.5) is 0 Å². The lowest BCUT2D eigenvalue weighted by atomic mass is 9.85. The fourth-order valence-corrected chi connectivity index (χ4v) is 4.08. The van der Waals surface area contributed by atoms with Crippen LogP contribution in [-0.2, 0) is 11.3 Å². The first-order chi connectivity index (χ1) is 8.76. The summed E-state index contributed by atoms with van der Waals surface area (Å²) in [4.78, 5) is 6.07. The molecule has 1 fully saturated rings. The Morgan fingerprint density at radius 1 is 1.39 bits per heavy atom. The fourth-order valence-electron chi connectivity index (χ4n) is 2.83. The molecule has 2 rings (SSSR count). The molecule has 0 radical (unpaired) electrons. The number of thiazole rings is 1. The first-order valence-corrected chi connectivity index (χ1v) is 7.71. The molecule has 102 valence electrons. The van der Waals surface area contributed by atoms with Crippen molar-refractivity contribution in [2.24, 2.45) is 5.92 Å². The molecule has 0 amide bonds. The number of aryl methyl sites for hydroxylation is 1. The Bertz CT molecular complexity index is 372. The Kier molecular flexibility index (Phi) is 5.15. The smallest absolute Gasteiger partial charge is 0.122 e. The molecule has 1 N–H and O–H groups in total. The van der Waals surface area contributed by atoms with Gasteiger partial charge in [0.1, 0.15) is 11.1 Å². The molecule has 3 nitrogen and oxygen atoms in total. The summed E-state index contributed by atoms with van der Waals surface area (Å²) in [6, 6.07) is 0. The minimum atomic E-state index is 0.208. The zero-order valence-corrected chi connectivity index (χ0v) is 12.5. The molecule has 1 unspecified atom stereocenters. The predicted molar refractivity (Wildman–Crippen MR) is 75.9 cm³/mol. The van der Waals surface area contributed by atoms with Gasteiger partial charge in [0.2, 0.25) is 0 Å². The predicted octanol–water partition coefficient (Wildman–Crippen LogP) is 3.44. The van der Waals surface area contributed by atoms with E-state index in [4.69, 9.17) is 9.72 Å². The van der Waals surface area contributed by atoms with Crippen molar-refractivity contribution in [3.63, 3.8) is 0 Å². The Labute approximate surface area is 114 Å². The van der Waals surface area contributed by atoms with Crippen LogP contribution in [0.15, 0.2) is 0 Å². The quantitative estimate of drug-likeness (QED) is 0.888. The van der Waals surface area contributed by atoms with Crippen LogP contribution in [0.3, 0.4) is 0 Å². The topological polar surface area (TPSA) is 34.1 Å². The molecule has 1 atom stereocenters. The monoisotopic (exact) mass is 268 g/mol. The van der Waals surface area contributed by atoms with Crippen molar-refractivity contribution in [3.8, 4) is 0 Å². The van der Waals surface area contributed by atoms with Crippen LogP contribution in [0.5, 0.6) is 0 Å². The highest BCUT2D eigenvalue weighted by atomic mass is 32.1. The first-order valence-electron chi connectivity index (χ1n) is 6.90. The number of ether oxygens (including phenoxy) is 1. The third-order valence-electron chi connectivity index (χ3n) is 3.82. The third kappa shape index (κ3) is 3.11. The van der Waals surface area contributed by atoms with Gasteiger partial charge in [-0.3, -0.25) is 0 Å². The van der Waals surface area contributed by atoms with Crippen LogP contribution in [0.25, 0.3) is 0 Å². The van der Waals surface area contributed by atoms with Gasteiger partial charge in [0.05, 0.1) is 5.69 Å². The summed E-state index contributed by atoms with van der Waals surface area (Å²) in [5, 5.41) is 4.38. The van der Waals surface area contributed by atoms with E-state index in [9.17, 15) is 0 Å². The number of methoxy groups -OCH3 is 1. The summed E-state index contributed by atoms with van der Waals surface area (Å²) in [5.41, 5.74) is 1.15. The Balaban J connectivity index is 2.13. The van der Waals surface area contributed by atoms with Crippen molar-refractivity contribution in [1.82, 2.24) is 10.3 Å². The van der Waals surface area contributed by atoms with Gasteiger partial charge in [0.15, 0.2) is 0 Å². The summed E-state index contributed by atoms with van der Waals surface area (Å²) in [5.74, 6) is 0.664. The summed E-state index contributed by atoms with van der Waals surface area (Å²) in [6.07, 6.45) is 6.86. The van der Waals surface area contributed by atoms with Gasteiger partial charge >= 0.3 is 0 Å². The van der Waals surface area contributed by atoms with Crippen molar-refractivity contribution in [1.29, 1.82) is 0 Å². The molecule has 4 heteroatoms. The van der Waals surface area contributed by atoms with Crippen LogP contribution >= 0.6 is 11.3 Å². The molecule has 1 aliphatic rings. The summed E-state index contributed by atoms with van der Waals surface area (Å²) in [6.45, 7) is 3.00. The van der Waals surface area contributed by atoms with E-state index in [1.165, 1.54) is 42.0 Å². The second-order valence-electron chi connectivity index (χ2n) is 5.15. The van der Waals surface area contributed by atoms with Gasteiger partial charge < -0.3 is 10.1 Å². The van der Waals surface area contributed by atoms with Crippen LogP contribution in [0.2, 0.25) is 0 Å². The number of nitrogens with one attached hydrogen (secondary N) is 1. The Morgan fingerprint density at radius 2 is 2.11 bits per heavy atom. The normalized spacial score (nSPS) is 19.1. The molecule has 0 aliphatic heterocycles. The molecule has 0 bridgehead atoms. The fraction of sp³-hybridized carbons (Fsp3) is 0.786. The molecule has 18 heavy (non-hydrogen) atoms. The van der Waals surface area contributed by atoms with E-state index in [2.05, 4.69) is 12.2 Å². The van der Waals surface area contributed by atoms with Crippen LogP contribution in [0.1, 0.15) is 53.8 Å². The van der Waals surface area contributed by atoms with Gasteiger partial charge in [-0.1, -0.05) is 19.3 Å². The van der Waals surface area contributed by atoms with Gasteiger partial charge in [-0.05, 0) is 32.7 Å². The lowest BCUT2D eigenvalue weighted by Gasteiger charge is -2.27. The van der Waals surface area contributed by atoms with E-state index in [0.29, 0.717) is 5.92 Å². The third-order valence-corrected chi connectivity index (χ3v) is 5.04. The molecular weight excluding hydrogens is 244 g/mol. The molecular formula is C14H24N2OS. The highest BCUT2D eigenvalue weighted by Gasteiger charge is 2.27. The maximum Gasteiger partial charge on any atom is 0.122 e. The molecule has 1 aromatic heterocycles. The van der Waals surface area contributed by atoms with E-state index >= 15 is 0 Å².